The van der Waals surface area contributed by atoms with Gasteiger partial charge in [-0.2, -0.15) is 5.10 Å². The number of hydrogen-bond acceptors (Lipinski definition) is 6. The molecular formula is C16H14N6S. The van der Waals surface area contributed by atoms with Crippen LogP contribution in [0.25, 0.3) is 21.1 Å². The number of rotatable bonds is 3. The van der Waals surface area contributed by atoms with Gasteiger partial charge in [-0.1, -0.05) is 11.3 Å². The van der Waals surface area contributed by atoms with Crippen molar-refractivity contribution in [2.75, 3.05) is 19.0 Å². The van der Waals surface area contributed by atoms with E-state index in [1.807, 2.05) is 55.5 Å². The molecule has 2 aromatic carbocycles. The number of nitrogens with zero attached hydrogens (tertiary/aromatic N) is 5. The second-order valence-electron chi connectivity index (χ2n) is 5.38. The summed E-state index contributed by atoms with van der Waals surface area (Å²) in [5.74, 6) is 0. The van der Waals surface area contributed by atoms with Crippen LogP contribution in [-0.2, 0) is 0 Å². The summed E-state index contributed by atoms with van der Waals surface area (Å²) in [4.78, 5) is 6.55. The number of hydrogen-bond donors (Lipinski definition) is 1. The second kappa shape index (κ2) is 5.44. The van der Waals surface area contributed by atoms with Gasteiger partial charge in [0.1, 0.15) is 0 Å². The first-order valence-electron chi connectivity index (χ1n) is 7.12. The average molecular weight is 322 g/mol. The first kappa shape index (κ1) is 13.8. The van der Waals surface area contributed by atoms with Crippen LogP contribution in [0.15, 0.2) is 52.8 Å². The fourth-order valence-corrected chi connectivity index (χ4v) is 3.13. The zero-order chi connectivity index (χ0) is 15.8. The summed E-state index contributed by atoms with van der Waals surface area (Å²) in [6.45, 7) is 0. The van der Waals surface area contributed by atoms with Crippen molar-refractivity contribution in [2.45, 2.75) is 0 Å². The Balaban J connectivity index is 1.63. The molecule has 0 aliphatic carbocycles. The summed E-state index contributed by atoms with van der Waals surface area (Å²) >= 11 is 1.52. The van der Waals surface area contributed by atoms with Crippen LogP contribution in [0.5, 0.6) is 0 Å². The van der Waals surface area contributed by atoms with Gasteiger partial charge < -0.3 is 4.90 Å². The van der Waals surface area contributed by atoms with E-state index in [0.717, 1.165) is 32.5 Å². The van der Waals surface area contributed by atoms with Gasteiger partial charge in [0.05, 0.1) is 27.6 Å². The molecule has 0 saturated carbocycles. The van der Waals surface area contributed by atoms with Crippen molar-refractivity contribution in [1.29, 1.82) is 0 Å². The van der Waals surface area contributed by atoms with Crippen LogP contribution in [0, 0.1) is 0 Å². The third kappa shape index (κ3) is 2.66. The van der Waals surface area contributed by atoms with Crippen LogP contribution in [-0.4, -0.2) is 29.3 Å². The highest BCUT2D eigenvalue weighted by Crippen LogP contribution is 2.32. The van der Waals surface area contributed by atoms with Crippen LogP contribution in [0.3, 0.4) is 0 Å². The molecule has 0 spiro atoms. The third-order valence-electron chi connectivity index (χ3n) is 3.55. The molecular weight excluding hydrogens is 308 g/mol. The lowest BCUT2D eigenvalue weighted by Gasteiger charge is -2.11. The normalized spacial score (nSPS) is 11.7. The zero-order valence-corrected chi connectivity index (χ0v) is 13.5. The molecule has 6 nitrogen and oxygen atoms in total. The Bertz CT molecular complexity index is 948. The fraction of sp³-hybridized carbons (Fsp3) is 0.125. The Morgan fingerprint density at radius 2 is 1.91 bits per heavy atom. The van der Waals surface area contributed by atoms with Gasteiger partial charge in [0.15, 0.2) is 0 Å². The van der Waals surface area contributed by atoms with E-state index in [2.05, 4.69) is 31.5 Å². The van der Waals surface area contributed by atoms with Crippen LogP contribution in [0.2, 0.25) is 0 Å². The monoisotopic (exact) mass is 322 g/mol. The number of azo groups is 1. The maximum Gasteiger partial charge on any atom is 0.231 e. The van der Waals surface area contributed by atoms with E-state index in [0.29, 0.717) is 5.13 Å². The maximum absolute atomic E-state index is 4.51. The summed E-state index contributed by atoms with van der Waals surface area (Å²) in [6, 6.07) is 12.0. The van der Waals surface area contributed by atoms with Gasteiger partial charge in [0.25, 0.3) is 0 Å². The smallest absolute Gasteiger partial charge is 0.231 e. The van der Waals surface area contributed by atoms with Gasteiger partial charge in [-0.15, -0.1) is 10.2 Å². The molecule has 4 rings (SSSR count). The number of thiazole rings is 1. The molecule has 0 aliphatic rings. The van der Waals surface area contributed by atoms with E-state index in [9.17, 15) is 0 Å². The molecule has 0 bridgehead atoms. The first-order valence-corrected chi connectivity index (χ1v) is 7.93. The van der Waals surface area contributed by atoms with Gasteiger partial charge in [-0.3, -0.25) is 5.10 Å². The molecule has 2 heterocycles. The van der Waals surface area contributed by atoms with E-state index in [1.54, 1.807) is 0 Å². The van der Waals surface area contributed by atoms with Crippen LogP contribution in [0.1, 0.15) is 0 Å². The topological polar surface area (TPSA) is 69.5 Å². The van der Waals surface area contributed by atoms with Gasteiger partial charge >= 0.3 is 0 Å². The molecule has 2 aromatic heterocycles. The molecule has 0 unspecified atom stereocenters. The van der Waals surface area contributed by atoms with E-state index >= 15 is 0 Å². The van der Waals surface area contributed by atoms with E-state index in [1.165, 1.54) is 11.3 Å². The molecule has 4 aromatic rings. The van der Waals surface area contributed by atoms with Gasteiger partial charge in [-0.05, 0) is 36.4 Å². The van der Waals surface area contributed by atoms with Crippen molar-refractivity contribution in [3.05, 3.63) is 42.6 Å². The van der Waals surface area contributed by atoms with E-state index < -0.39 is 0 Å². The Labute approximate surface area is 136 Å². The van der Waals surface area contributed by atoms with Gasteiger partial charge in [0.2, 0.25) is 5.13 Å². The lowest BCUT2D eigenvalue weighted by atomic mass is 10.2. The molecule has 1 N–H and O–H groups in total. The predicted octanol–water partition coefficient (Wildman–Crippen LogP) is 4.65. The number of benzene rings is 2. The Morgan fingerprint density at radius 3 is 2.70 bits per heavy atom. The van der Waals surface area contributed by atoms with Crippen molar-refractivity contribution >= 4 is 49.0 Å². The molecule has 0 atom stereocenters. The van der Waals surface area contributed by atoms with Crippen molar-refractivity contribution in [3.8, 4) is 0 Å². The lowest BCUT2D eigenvalue weighted by Crippen LogP contribution is -2.07. The number of aromatic amines is 1. The highest BCUT2D eigenvalue weighted by atomic mass is 32.1. The van der Waals surface area contributed by atoms with Crippen LogP contribution >= 0.6 is 11.3 Å². The lowest BCUT2D eigenvalue weighted by molar-refractivity contribution is 1.12. The Morgan fingerprint density at radius 1 is 1.09 bits per heavy atom. The largest absolute Gasteiger partial charge is 0.378 e. The SMILES string of the molecule is CN(C)c1ccc(/N=N/c2nc3cc4[nH]ncc4cc3s2)cc1. The van der Waals surface area contributed by atoms with Crippen molar-refractivity contribution in [1.82, 2.24) is 15.2 Å². The molecule has 7 heteroatoms. The standard InChI is InChI=1S/C16H14N6S/c1-22(2)12-5-3-11(4-6-12)19-21-16-18-14-8-13-10(9-17-20-13)7-15(14)23-16/h3-9H,1-2H3,(H,17,20)/b21-19+. The van der Waals surface area contributed by atoms with Crippen molar-refractivity contribution in [3.63, 3.8) is 0 Å². The molecule has 0 amide bonds. The minimum atomic E-state index is 0.650. The molecule has 0 aliphatic heterocycles. The minimum absolute atomic E-state index is 0.650. The Kier molecular flexibility index (Phi) is 3.27. The number of anilines is 1. The maximum atomic E-state index is 4.51. The fourth-order valence-electron chi connectivity index (χ4n) is 2.31. The number of aromatic nitrogens is 3. The summed E-state index contributed by atoms with van der Waals surface area (Å²) in [5, 5.41) is 17.2. The molecule has 0 fully saturated rings. The highest BCUT2D eigenvalue weighted by Gasteiger charge is 2.06. The van der Waals surface area contributed by atoms with Gasteiger partial charge in [0, 0.05) is 25.2 Å². The molecule has 23 heavy (non-hydrogen) atoms. The summed E-state index contributed by atoms with van der Waals surface area (Å²) in [6.07, 6.45) is 1.81. The number of fused-ring (bicyclic) bond motifs is 2. The number of nitrogens with one attached hydrogen (secondary N) is 1. The van der Waals surface area contributed by atoms with Crippen LogP contribution < -0.4 is 4.90 Å². The zero-order valence-electron chi connectivity index (χ0n) is 12.7. The minimum Gasteiger partial charge on any atom is -0.378 e. The summed E-state index contributed by atoms with van der Waals surface area (Å²) in [5.41, 5.74) is 3.83. The summed E-state index contributed by atoms with van der Waals surface area (Å²) in [7, 11) is 4.02. The van der Waals surface area contributed by atoms with Crippen molar-refractivity contribution < 1.29 is 0 Å². The predicted molar refractivity (Wildman–Crippen MR) is 94.2 cm³/mol. The second-order valence-corrected chi connectivity index (χ2v) is 6.39. The Hall–Kier alpha value is -2.80. The van der Waals surface area contributed by atoms with Gasteiger partial charge in [-0.25, -0.2) is 4.98 Å². The average Bonchev–Trinajstić information content (AvgIpc) is 3.16. The van der Waals surface area contributed by atoms with E-state index in [-0.39, 0.29) is 0 Å². The molecule has 114 valence electrons. The van der Waals surface area contributed by atoms with E-state index in [4.69, 9.17) is 0 Å². The van der Waals surface area contributed by atoms with Crippen molar-refractivity contribution in [2.24, 2.45) is 10.2 Å². The first-order chi connectivity index (χ1) is 11.2. The quantitative estimate of drug-likeness (QED) is 0.558. The molecule has 0 saturated heterocycles. The molecule has 0 radical (unpaired) electrons. The number of H-pyrrole nitrogens is 1. The highest BCUT2D eigenvalue weighted by molar-refractivity contribution is 7.22. The summed E-state index contributed by atoms with van der Waals surface area (Å²) < 4.78 is 1.08. The third-order valence-corrected chi connectivity index (χ3v) is 4.46. The van der Waals surface area contributed by atoms with Crippen LogP contribution in [0.4, 0.5) is 16.5 Å².